The third-order valence-corrected chi connectivity index (χ3v) is 3.93. The van der Waals surface area contributed by atoms with Crippen molar-refractivity contribution in [3.8, 4) is 0 Å². The number of aromatic nitrogens is 1. The minimum Gasteiger partial charge on any atom is -0.480 e. The van der Waals surface area contributed by atoms with E-state index in [1.165, 1.54) is 4.90 Å². The summed E-state index contributed by atoms with van der Waals surface area (Å²) in [4.78, 5) is 31.0. The molecule has 2 unspecified atom stereocenters. The number of carboxylic acid groups (broad SMARTS) is 1. The molecule has 1 N–H and O–H groups in total. The Balaban J connectivity index is 2.08. The van der Waals surface area contributed by atoms with Gasteiger partial charge in [0.05, 0.1) is 0 Å². The van der Waals surface area contributed by atoms with Crippen molar-refractivity contribution in [2.75, 3.05) is 13.6 Å². The molecular weight excluding hydrogens is 270 g/mol. The Kier molecular flexibility index (Phi) is 4.77. The number of urea groups is 1. The predicted octanol–water partition coefficient (Wildman–Crippen LogP) is 1.82. The zero-order chi connectivity index (χ0) is 15.4. The van der Waals surface area contributed by atoms with Gasteiger partial charge in [0, 0.05) is 32.5 Å². The van der Waals surface area contributed by atoms with Crippen LogP contribution in [-0.4, -0.2) is 51.5 Å². The van der Waals surface area contributed by atoms with Crippen molar-refractivity contribution in [3.05, 3.63) is 30.1 Å². The molecule has 2 rings (SSSR count). The van der Waals surface area contributed by atoms with Crippen LogP contribution < -0.4 is 0 Å². The highest BCUT2D eigenvalue weighted by molar-refractivity contribution is 5.83. The fourth-order valence-electron chi connectivity index (χ4n) is 2.83. The van der Waals surface area contributed by atoms with Gasteiger partial charge < -0.3 is 14.9 Å². The van der Waals surface area contributed by atoms with Crippen LogP contribution >= 0.6 is 0 Å². The maximum atomic E-state index is 12.5. The molecule has 1 fully saturated rings. The van der Waals surface area contributed by atoms with Crippen molar-refractivity contribution in [3.63, 3.8) is 0 Å². The van der Waals surface area contributed by atoms with Crippen LogP contribution in [0.2, 0.25) is 0 Å². The standard InChI is InChI=1S/C15H21N3O3/c1-11-4-3-9-18(13(11)14(19)20)15(21)17(2)10-12-5-7-16-8-6-12/h5-8,11,13H,3-4,9-10H2,1-2H3,(H,19,20). The number of aliphatic carboxylic acids is 1. The van der Waals surface area contributed by atoms with Gasteiger partial charge in [-0.05, 0) is 36.5 Å². The molecule has 0 spiro atoms. The molecule has 2 amide bonds. The van der Waals surface area contributed by atoms with Gasteiger partial charge in [-0.3, -0.25) is 4.98 Å². The van der Waals surface area contributed by atoms with Gasteiger partial charge in [-0.15, -0.1) is 0 Å². The number of rotatable bonds is 3. The van der Waals surface area contributed by atoms with E-state index >= 15 is 0 Å². The number of carbonyl (C=O) groups is 2. The molecule has 0 saturated carbocycles. The van der Waals surface area contributed by atoms with Crippen molar-refractivity contribution < 1.29 is 14.7 Å². The lowest BCUT2D eigenvalue weighted by atomic mass is 9.91. The first-order chi connectivity index (χ1) is 10.0. The topological polar surface area (TPSA) is 73.7 Å². The van der Waals surface area contributed by atoms with Crippen LogP contribution in [0.5, 0.6) is 0 Å². The lowest BCUT2D eigenvalue weighted by molar-refractivity contribution is -0.145. The Morgan fingerprint density at radius 3 is 2.71 bits per heavy atom. The highest BCUT2D eigenvalue weighted by Gasteiger charge is 2.38. The summed E-state index contributed by atoms with van der Waals surface area (Å²) in [7, 11) is 1.70. The second kappa shape index (κ2) is 6.56. The minimum absolute atomic E-state index is 0.0190. The van der Waals surface area contributed by atoms with E-state index < -0.39 is 12.0 Å². The summed E-state index contributed by atoms with van der Waals surface area (Å²) in [6.07, 6.45) is 5.04. The minimum atomic E-state index is -0.923. The molecule has 1 aliphatic rings. The number of nitrogens with zero attached hydrogens (tertiary/aromatic N) is 3. The van der Waals surface area contributed by atoms with E-state index in [0.29, 0.717) is 13.1 Å². The fourth-order valence-corrected chi connectivity index (χ4v) is 2.83. The molecule has 6 nitrogen and oxygen atoms in total. The lowest BCUT2D eigenvalue weighted by Crippen LogP contribution is -2.55. The number of amides is 2. The molecule has 21 heavy (non-hydrogen) atoms. The first-order valence-corrected chi connectivity index (χ1v) is 7.14. The number of likely N-dealkylation sites (tertiary alicyclic amines) is 1. The third kappa shape index (κ3) is 3.51. The van der Waals surface area contributed by atoms with Crippen LogP contribution in [0.1, 0.15) is 25.3 Å². The normalized spacial score (nSPS) is 21.9. The van der Waals surface area contributed by atoms with Crippen molar-refractivity contribution in [1.29, 1.82) is 0 Å². The van der Waals surface area contributed by atoms with Gasteiger partial charge in [-0.1, -0.05) is 6.92 Å². The van der Waals surface area contributed by atoms with Crippen LogP contribution in [0.4, 0.5) is 4.79 Å². The van der Waals surface area contributed by atoms with E-state index in [-0.39, 0.29) is 11.9 Å². The third-order valence-electron chi connectivity index (χ3n) is 3.93. The van der Waals surface area contributed by atoms with E-state index in [2.05, 4.69) is 4.98 Å². The fraction of sp³-hybridized carbons (Fsp3) is 0.533. The Morgan fingerprint density at radius 1 is 1.43 bits per heavy atom. The Labute approximate surface area is 124 Å². The average molecular weight is 291 g/mol. The molecule has 1 aliphatic heterocycles. The molecule has 2 heterocycles. The monoisotopic (exact) mass is 291 g/mol. The van der Waals surface area contributed by atoms with Gasteiger partial charge in [0.25, 0.3) is 0 Å². The second-order valence-corrected chi connectivity index (χ2v) is 5.59. The molecule has 114 valence electrons. The van der Waals surface area contributed by atoms with Crippen LogP contribution in [0.15, 0.2) is 24.5 Å². The van der Waals surface area contributed by atoms with Crippen LogP contribution in [-0.2, 0) is 11.3 Å². The number of carbonyl (C=O) groups excluding carboxylic acids is 1. The molecule has 0 aromatic carbocycles. The lowest BCUT2D eigenvalue weighted by Gasteiger charge is -2.39. The van der Waals surface area contributed by atoms with E-state index in [9.17, 15) is 14.7 Å². The maximum Gasteiger partial charge on any atom is 0.326 e. The van der Waals surface area contributed by atoms with E-state index in [0.717, 1.165) is 18.4 Å². The zero-order valence-corrected chi connectivity index (χ0v) is 12.4. The molecule has 1 saturated heterocycles. The van der Waals surface area contributed by atoms with Crippen molar-refractivity contribution in [1.82, 2.24) is 14.8 Å². The largest absolute Gasteiger partial charge is 0.480 e. The number of pyridine rings is 1. The van der Waals surface area contributed by atoms with Crippen LogP contribution in [0.25, 0.3) is 0 Å². The van der Waals surface area contributed by atoms with Crippen LogP contribution in [0, 0.1) is 5.92 Å². The zero-order valence-electron chi connectivity index (χ0n) is 12.4. The summed E-state index contributed by atoms with van der Waals surface area (Å²) in [5.41, 5.74) is 0.970. The number of piperidine rings is 1. The van der Waals surface area contributed by atoms with Gasteiger partial charge in [0.2, 0.25) is 0 Å². The maximum absolute atomic E-state index is 12.5. The number of hydrogen-bond donors (Lipinski definition) is 1. The molecule has 1 aromatic rings. The number of hydrogen-bond acceptors (Lipinski definition) is 3. The summed E-state index contributed by atoms with van der Waals surface area (Å²) in [6.45, 7) is 2.83. The van der Waals surface area contributed by atoms with E-state index in [4.69, 9.17) is 0 Å². The van der Waals surface area contributed by atoms with Crippen molar-refractivity contribution in [2.24, 2.45) is 5.92 Å². The molecule has 0 aliphatic carbocycles. The second-order valence-electron chi connectivity index (χ2n) is 5.59. The highest BCUT2D eigenvalue weighted by atomic mass is 16.4. The first kappa shape index (κ1) is 15.3. The quantitative estimate of drug-likeness (QED) is 0.922. The SMILES string of the molecule is CC1CCCN(C(=O)N(C)Cc2ccncc2)C1C(=O)O. The smallest absolute Gasteiger partial charge is 0.326 e. The summed E-state index contributed by atoms with van der Waals surface area (Å²) < 4.78 is 0. The summed E-state index contributed by atoms with van der Waals surface area (Å²) in [5, 5.41) is 9.38. The molecule has 1 aromatic heterocycles. The Bertz CT molecular complexity index is 506. The first-order valence-electron chi connectivity index (χ1n) is 7.14. The number of carboxylic acids is 1. The molecule has 2 atom stereocenters. The van der Waals surface area contributed by atoms with E-state index in [1.807, 2.05) is 19.1 Å². The van der Waals surface area contributed by atoms with Gasteiger partial charge in [0.15, 0.2) is 0 Å². The van der Waals surface area contributed by atoms with Gasteiger partial charge in [-0.25, -0.2) is 9.59 Å². The van der Waals surface area contributed by atoms with Gasteiger partial charge >= 0.3 is 12.0 Å². The highest BCUT2D eigenvalue weighted by Crippen LogP contribution is 2.24. The predicted molar refractivity (Wildman–Crippen MR) is 77.6 cm³/mol. The van der Waals surface area contributed by atoms with Gasteiger partial charge in [-0.2, -0.15) is 0 Å². The molecule has 6 heteroatoms. The van der Waals surface area contributed by atoms with Crippen molar-refractivity contribution >= 4 is 12.0 Å². The summed E-state index contributed by atoms with van der Waals surface area (Å²) >= 11 is 0. The van der Waals surface area contributed by atoms with E-state index in [1.54, 1.807) is 24.3 Å². The Hall–Kier alpha value is -2.11. The summed E-state index contributed by atoms with van der Waals surface area (Å²) in [6, 6.07) is 2.73. The van der Waals surface area contributed by atoms with Crippen molar-refractivity contribution in [2.45, 2.75) is 32.4 Å². The molecule has 0 bridgehead atoms. The average Bonchev–Trinajstić information content (AvgIpc) is 2.46. The molecular formula is C15H21N3O3. The summed E-state index contributed by atoms with van der Waals surface area (Å²) in [5.74, 6) is -0.942. The Morgan fingerprint density at radius 2 is 2.10 bits per heavy atom. The van der Waals surface area contributed by atoms with Crippen LogP contribution in [0.3, 0.4) is 0 Å². The molecule has 0 radical (unpaired) electrons. The van der Waals surface area contributed by atoms with Gasteiger partial charge in [0.1, 0.15) is 6.04 Å².